The summed E-state index contributed by atoms with van der Waals surface area (Å²) in [5.74, 6) is 3.23. The summed E-state index contributed by atoms with van der Waals surface area (Å²) in [4.78, 5) is 29.4. The van der Waals surface area contributed by atoms with Crippen molar-refractivity contribution in [1.82, 2.24) is 19.5 Å². The van der Waals surface area contributed by atoms with E-state index >= 15 is 0 Å². The molecule has 1 atom stereocenters. The fourth-order valence-electron chi connectivity index (χ4n) is 5.11. The molecule has 33 heavy (non-hydrogen) atoms. The molecule has 9 heteroatoms. The maximum Gasteiger partial charge on any atom is 0.229 e. The van der Waals surface area contributed by atoms with Crippen LogP contribution < -0.4 is 19.7 Å². The smallest absolute Gasteiger partial charge is 0.229 e. The summed E-state index contributed by atoms with van der Waals surface area (Å²) in [7, 11) is 0. The first-order valence-corrected chi connectivity index (χ1v) is 11.9. The van der Waals surface area contributed by atoms with Crippen LogP contribution in [0.15, 0.2) is 24.5 Å². The number of aryl methyl sites for hydroxylation is 2. The molecule has 0 bridgehead atoms. The Balaban J connectivity index is 1.21. The Morgan fingerprint density at radius 2 is 1.94 bits per heavy atom. The number of fused-ring (bicyclic) bond motifs is 4. The Hall–Kier alpha value is -3.36. The van der Waals surface area contributed by atoms with Crippen LogP contribution in [0.1, 0.15) is 37.9 Å². The van der Waals surface area contributed by atoms with Gasteiger partial charge in [0.25, 0.3) is 0 Å². The van der Waals surface area contributed by atoms with Gasteiger partial charge in [0, 0.05) is 37.8 Å². The van der Waals surface area contributed by atoms with Gasteiger partial charge in [0.2, 0.25) is 5.91 Å². The number of ether oxygens (including phenoxy) is 2. The van der Waals surface area contributed by atoms with E-state index in [0.29, 0.717) is 31.3 Å². The van der Waals surface area contributed by atoms with Crippen molar-refractivity contribution in [2.75, 3.05) is 36.5 Å². The topological polar surface area (TPSA) is 94.4 Å². The minimum Gasteiger partial charge on any atom is -0.486 e. The number of hydrogen-bond donors (Lipinski definition) is 1. The molecule has 6 rings (SSSR count). The van der Waals surface area contributed by atoms with Crippen LogP contribution in [0.3, 0.4) is 0 Å². The number of anilines is 2. The number of piperidine rings is 1. The molecule has 1 aromatic carbocycles. The molecule has 0 aliphatic carbocycles. The quantitative estimate of drug-likeness (QED) is 0.658. The molecule has 1 unspecified atom stereocenters. The van der Waals surface area contributed by atoms with Crippen LogP contribution in [0.4, 0.5) is 11.5 Å². The van der Waals surface area contributed by atoms with E-state index in [-0.39, 0.29) is 11.8 Å². The number of rotatable bonds is 3. The normalized spacial score (nSPS) is 20.2. The first-order valence-electron chi connectivity index (χ1n) is 11.9. The summed E-state index contributed by atoms with van der Waals surface area (Å²) in [6.07, 6.45) is 7.95. The lowest BCUT2D eigenvalue weighted by atomic mass is 9.97. The Kier molecular flexibility index (Phi) is 5.24. The number of amides is 1. The number of hydrogen-bond acceptors (Lipinski definition) is 7. The van der Waals surface area contributed by atoms with E-state index < -0.39 is 0 Å². The predicted octanol–water partition coefficient (Wildman–Crippen LogP) is 3.18. The Morgan fingerprint density at radius 1 is 1.03 bits per heavy atom. The molecular formula is C24H28N6O3. The van der Waals surface area contributed by atoms with E-state index in [1.165, 1.54) is 6.42 Å². The molecule has 1 N–H and O–H groups in total. The van der Waals surface area contributed by atoms with Crippen LogP contribution in [0, 0.1) is 5.92 Å². The lowest BCUT2D eigenvalue weighted by Crippen LogP contribution is -2.41. The number of carbonyl (C=O) groups excluding carboxylic acids is 1. The maximum absolute atomic E-state index is 13.1. The highest BCUT2D eigenvalue weighted by atomic mass is 16.6. The van der Waals surface area contributed by atoms with E-state index in [2.05, 4.69) is 24.8 Å². The molecule has 3 aromatic rings. The third-order valence-corrected chi connectivity index (χ3v) is 6.78. The Labute approximate surface area is 192 Å². The van der Waals surface area contributed by atoms with Crippen molar-refractivity contribution in [3.63, 3.8) is 0 Å². The van der Waals surface area contributed by atoms with E-state index in [1.807, 2.05) is 18.2 Å². The fourth-order valence-corrected chi connectivity index (χ4v) is 5.11. The maximum atomic E-state index is 13.1. The molecule has 172 valence electrons. The van der Waals surface area contributed by atoms with E-state index in [4.69, 9.17) is 14.5 Å². The lowest BCUT2D eigenvalue weighted by Gasteiger charge is -2.32. The van der Waals surface area contributed by atoms with Crippen molar-refractivity contribution >= 4 is 28.6 Å². The van der Waals surface area contributed by atoms with Crippen molar-refractivity contribution in [3.8, 4) is 11.5 Å². The number of imidazole rings is 1. The Morgan fingerprint density at radius 3 is 2.88 bits per heavy atom. The van der Waals surface area contributed by atoms with Crippen LogP contribution in [-0.4, -0.2) is 51.7 Å². The van der Waals surface area contributed by atoms with Crippen molar-refractivity contribution < 1.29 is 14.3 Å². The van der Waals surface area contributed by atoms with E-state index in [9.17, 15) is 4.79 Å². The van der Waals surface area contributed by atoms with Crippen molar-refractivity contribution in [2.45, 2.75) is 45.1 Å². The average Bonchev–Trinajstić information content (AvgIpc) is 3.04. The third-order valence-electron chi connectivity index (χ3n) is 6.78. The van der Waals surface area contributed by atoms with Gasteiger partial charge in [0.05, 0.1) is 5.92 Å². The van der Waals surface area contributed by atoms with Gasteiger partial charge in [-0.25, -0.2) is 15.0 Å². The number of nitrogens with zero attached hydrogens (tertiary/aromatic N) is 5. The van der Waals surface area contributed by atoms with Crippen LogP contribution in [0.5, 0.6) is 11.5 Å². The van der Waals surface area contributed by atoms with Crippen LogP contribution in [0.25, 0.3) is 11.2 Å². The van der Waals surface area contributed by atoms with Crippen LogP contribution in [-0.2, 0) is 17.8 Å². The molecule has 0 radical (unpaired) electrons. The number of nitrogens with one attached hydrogen (secondary N) is 1. The molecule has 2 aromatic heterocycles. The molecule has 0 saturated carbocycles. The molecule has 1 saturated heterocycles. The zero-order valence-electron chi connectivity index (χ0n) is 18.6. The van der Waals surface area contributed by atoms with Crippen molar-refractivity contribution in [1.29, 1.82) is 0 Å². The minimum absolute atomic E-state index is 0.0160. The lowest BCUT2D eigenvalue weighted by molar-refractivity contribution is -0.120. The van der Waals surface area contributed by atoms with Crippen molar-refractivity contribution in [3.05, 3.63) is 30.4 Å². The first kappa shape index (κ1) is 20.3. The highest BCUT2D eigenvalue weighted by Gasteiger charge is 2.29. The largest absolute Gasteiger partial charge is 0.486 e. The summed E-state index contributed by atoms with van der Waals surface area (Å²) in [6.45, 7) is 3.51. The zero-order chi connectivity index (χ0) is 22.2. The number of carbonyl (C=O) groups is 1. The van der Waals surface area contributed by atoms with Gasteiger partial charge < -0.3 is 24.3 Å². The molecule has 0 spiro atoms. The molecule has 9 nitrogen and oxygen atoms in total. The van der Waals surface area contributed by atoms with Gasteiger partial charge in [-0.3, -0.25) is 4.79 Å². The fraction of sp³-hybridized carbons (Fsp3) is 0.500. The summed E-state index contributed by atoms with van der Waals surface area (Å²) in [5.41, 5.74) is 2.51. The van der Waals surface area contributed by atoms with Gasteiger partial charge in [-0.15, -0.1) is 0 Å². The molecule has 1 amide bonds. The standard InChI is InChI=1S/C24H28N6O3/c31-24(27-17-7-8-18-19(13-17)33-12-11-32-18)16-5-4-9-29(14-16)22-21-23(26-15-25-22)30-10-3-1-2-6-20(30)28-21/h7-8,13,15-16H,1-6,9-12,14H2,(H,27,31). The predicted molar refractivity (Wildman–Crippen MR) is 124 cm³/mol. The molecule has 3 aliphatic rings. The highest BCUT2D eigenvalue weighted by Crippen LogP contribution is 2.33. The molecule has 5 heterocycles. The number of aromatic nitrogens is 4. The van der Waals surface area contributed by atoms with E-state index in [1.54, 1.807) is 6.33 Å². The second-order valence-electron chi connectivity index (χ2n) is 8.99. The second kappa shape index (κ2) is 8.53. The zero-order valence-corrected chi connectivity index (χ0v) is 18.6. The summed E-state index contributed by atoms with van der Waals surface area (Å²) in [5, 5.41) is 3.06. The first-order chi connectivity index (χ1) is 16.3. The highest BCUT2D eigenvalue weighted by molar-refractivity contribution is 5.93. The van der Waals surface area contributed by atoms with Gasteiger partial charge in [-0.05, 0) is 37.8 Å². The number of benzene rings is 1. The van der Waals surface area contributed by atoms with Crippen LogP contribution in [0.2, 0.25) is 0 Å². The van der Waals surface area contributed by atoms with Crippen LogP contribution >= 0.6 is 0 Å². The molecule has 1 fully saturated rings. The summed E-state index contributed by atoms with van der Waals surface area (Å²) in [6, 6.07) is 5.54. The SMILES string of the molecule is O=C(Nc1ccc2c(c1)OCCO2)C1CCCN(c2ncnc3c2nc2n3CCCCC2)C1. The van der Waals surface area contributed by atoms with Gasteiger partial charge >= 0.3 is 0 Å². The van der Waals surface area contributed by atoms with Gasteiger partial charge in [-0.2, -0.15) is 0 Å². The summed E-state index contributed by atoms with van der Waals surface area (Å²) >= 11 is 0. The minimum atomic E-state index is -0.127. The van der Waals surface area contributed by atoms with Gasteiger partial charge in [0.1, 0.15) is 25.4 Å². The average molecular weight is 449 g/mol. The van der Waals surface area contributed by atoms with E-state index in [0.717, 1.165) is 73.7 Å². The third kappa shape index (κ3) is 3.85. The Bertz CT molecular complexity index is 1190. The van der Waals surface area contributed by atoms with Crippen molar-refractivity contribution in [2.24, 2.45) is 5.92 Å². The second-order valence-corrected chi connectivity index (χ2v) is 8.99. The summed E-state index contributed by atoms with van der Waals surface area (Å²) < 4.78 is 13.5. The monoisotopic (exact) mass is 448 g/mol. The van der Waals surface area contributed by atoms with Gasteiger partial charge in [0.15, 0.2) is 28.5 Å². The molecule has 3 aliphatic heterocycles. The molecular weight excluding hydrogens is 420 g/mol. The van der Waals surface area contributed by atoms with Gasteiger partial charge in [-0.1, -0.05) is 6.42 Å².